The topological polar surface area (TPSA) is 43.6 Å². The summed E-state index contributed by atoms with van der Waals surface area (Å²) in [5.74, 6) is 0. The van der Waals surface area contributed by atoms with E-state index in [4.69, 9.17) is 9.47 Å². The van der Waals surface area contributed by atoms with Gasteiger partial charge < -0.3 is 19.1 Å². The van der Waals surface area contributed by atoms with Crippen molar-refractivity contribution in [1.29, 1.82) is 0 Å². The Morgan fingerprint density at radius 1 is 0.676 bits per heavy atom. The average Bonchev–Trinajstić information content (AvgIpc) is 3.39. The molecule has 4 nitrogen and oxygen atoms in total. The quantitative estimate of drug-likeness (QED) is 0.205. The van der Waals surface area contributed by atoms with Crippen LogP contribution in [0.1, 0.15) is 23.1 Å². The van der Waals surface area contributed by atoms with E-state index < -0.39 is 5.60 Å². The highest BCUT2D eigenvalue weighted by molar-refractivity contribution is 5.79. The number of aliphatic hydroxyl groups excluding tert-OH is 1. The number of hydrogen-bond acceptors (Lipinski definition) is 3. The lowest BCUT2D eigenvalue weighted by Gasteiger charge is -2.37. The zero-order valence-electron chi connectivity index (χ0n) is 20.9. The van der Waals surface area contributed by atoms with Gasteiger partial charge in [0, 0.05) is 18.3 Å². The Bertz CT molecular complexity index is 1270. The molecule has 4 aromatic carbocycles. The number of benzene rings is 4. The van der Waals surface area contributed by atoms with Crippen LogP contribution in [0.4, 0.5) is 0 Å². The van der Waals surface area contributed by atoms with Gasteiger partial charge in [-0.25, -0.2) is 0 Å². The minimum Gasteiger partial charge on any atom is -0.394 e. The Kier molecular flexibility index (Phi) is 8.11. The van der Waals surface area contributed by atoms with Crippen LogP contribution < -0.4 is 0 Å². The summed E-state index contributed by atoms with van der Waals surface area (Å²) in [4.78, 5) is 0. The number of rotatable bonds is 12. The lowest BCUT2D eigenvalue weighted by molar-refractivity contribution is -0.0736. The van der Waals surface area contributed by atoms with E-state index in [9.17, 15) is 5.11 Å². The molecule has 0 radical (unpaired) electrons. The first-order chi connectivity index (χ1) is 18.3. The molecule has 0 fully saturated rings. The molecule has 1 unspecified atom stereocenters. The smallest absolute Gasteiger partial charge is 0.143 e. The van der Waals surface area contributed by atoms with Gasteiger partial charge in [-0.3, -0.25) is 0 Å². The van der Waals surface area contributed by atoms with E-state index in [1.54, 1.807) is 0 Å². The van der Waals surface area contributed by atoms with Crippen molar-refractivity contribution in [2.24, 2.45) is 0 Å². The first-order valence-corrected chi connectivity index (χ1v) is 12.9. The highest BCUT2D eigenvalue weighted by atomic mass is 16.5. The Morgan fingerprint density at radius 3 is 1.78 bits per heavy atom. The molecule has 5 aromatic rings. The van der Waals surface area contributed by atoms with Crippen LogP contribution in [-0.2, 0) is 21.6 Å². The fraction of sp³-hybridized carbons (Fsp3) is 0.212. The summed E-state index contributed by atoms with van der Waals surface area (Å²) < 4.78 is 15.4. The Hall–Kier alpha value is -3.70. The molecular weight excluding hydrogens is 458 g/mol. The van der Waals surface area contributed by atoms with Crippen molar-refractivity contribution in [1.82, 2.24) is 4.57 Å². The minimum absolute atomic E-state index is 0.0237. The van der Waals surface area contributed by atoms with Crippen LogP contribution in [-0.4, -0.2) is 35.6 Å². The summed E-state index contributed by atoms with van der Waals surface area (Å²) in [6.45, 7) is 1.42. The molecule has 0 aliphatic rings. The van der Waals surface area contributed by atoms with Gasteiger partial charge in [-0.1, -0.05) is 109 Å². The third kappa shape index (κ3) is 5.52. The molecular formula is C33H33NO3. The van der Waals surface area contributed by atoms with Crippen molar-refractivity contribution < 1.29 is 14.6 Å². The van der Waals surface area contributed by atoms with Crippen molar-refractivity contribution in [2.75, 3.05) is 19.8 Å². The molecule has 5 rings (SSSR count). The Balaban J connectivity index is 1.46. The van der Waals surface area contributed by atoms with Crippen molar-refractivity contribution in [3.63, 3.8) is 0 Å². The summed E-state index contributed by atoms with van der Waals surface area (Å²) in [7, 11) is 0. The van der Waals surface area contributed by atoms with Crippen molar-refractivity contribution in [2.45, 2.75) is 24.7 Å². The van der Waals surface area contributed by atoms with Crippen molar-refractivity contribution >= 4 is 10.9 Å². The molecule has 4 heteroatoms. The standard InChI is InChI=1S/C33H33NO3/c35-24-25-36-31(21-23-34-22-20-27-12-10-11-19-32(27)34)26-37-33(28-13-4-1-5-14-28,29-15-6-2-7-16-29)30-17-8-3-9-18-30/h1-20,22,31,35H,21,23-26H2. The van der Waals surface area contributed by atoms with Gasteiger partial charge in [-0.05, 0) is 40.6 Å². The molecule has 37 heavy (non-hydrogen) atoms. The number of aromatic nitrogens is 1. The normalized spacial score (nSPS) is 12.6. The summed E-state index contributed by atoms with van der Waals surface area (Å²) in [5.41, 5.74) is 3.58. The summed E-state index contributed by atoms with van der Waals surface area (Å²) >= 11 is 0. The first-order valence-electron chi connectivity index (χ1n) is 12.9. The van der Waals surface area contributed by atoms with E-state index in [-0.39, 0.29) is 19.3 Å². The van der Waals surface area contributed by atoms with Crippen LogP contribution in [0.5, 0.6) is 0 Å². The molecule has 0 bridgehead atoms. The maximum absolute atomic E-state index is 9.50. The largest absolute Gasteiger partial charge is 0.394 e. The molecule has 0 aliphatic carbocycles. The molecule has 1 atom stereocenters. The number of hydrogen-bond donors (Lipinski definition) is 1. The molecule has 0 saturated heterocycles. The minimum atomic E-state index is -0.801. The fourth-order valence-electron chi connectivity index (χ4n) is 5.04. The summed E-state index contributed by atoms with van der Waals surface area (Å²) in [6, 6.07) is 41.6. The maximum atomic E-state index is 9.50. The molecule has 0 saturated carbocycles. The third-order valence-corrected chi connectivity index (χ3v) is 6.84. The fourth-order valence-corrected chi connectivity index (χ4v) is 5.04. The number of nitrogens with zero attached hydrogens (tertiary/aromatic N) is 1. The molecule has 1 heterocycles. The van der Waals surface area contributed by atoms with E-state index in [2.05, 4.69) is 114 Å². The second-order valence-corrected chi connectivity index (χ2v) is 9.16. The highest BCUT2D eigenvalue weighted by Crippen LogP contribution is 2.40. The van der Waals surface area contributed by atoms with Gasteiger partial charge in [0.1, 0.15) is 5.60 Å². The lowest BCUT2D eigenvalue weighted by atomic mass is 9.80. The number of fused-ring (bicyclic) bond motifs is 1. The van der Waals surface area contributed by atoms with Crippen LogP contribution in [0.25, 0.3) is 10.9 Å². The second kappa shape index (κ2) is 12.0. The van der Waals surface area contributed by atoms with Crippen molar-refractivity contribution in [3.05, 3.63) is 144 Å². The predicted molar refractivity (Wildman–Crippen MR) is 149 cm³/mol. The molecule has 188 valence electrons. The SMILES string of the molecule is OCCOC(CCn1ccc2ccccc21)COC(c1ccccc1)(c1ccccc1)c1ccccc1. The van der Waals surface area contributed by atoms with Gasteiger partial charge in [0.05, 0.1) is 25.9 Å². The van der Waals surface area contributed by atoms with Gasteiger partial charge in [-0.2, -0.15) is 0 Å². The Labute approximate surface area is 218 Å². The van der Waals surface area contributed by atoms with Crippen LogP contribution in [0.15, 0.2) is 128 Å². The Morgan fingerprint density at radius 2 is 1.22 bits per heavy atom. The van der Waals surface area contributed by atoms with Gasteiger partial charge >= 0.3 is 0 Å². The van der Waals surface area contributed by atoms with E-state index in [1.165, 1.54) is 10.9 Å². The van der Waals surface area contributed by atoms with Crippen LogP contribution >= 0.6 is 0 Å². The van der Waals surface area contributed by atoms with Crippen molar-refractivity contribution in [3.8, 4) is 0 Å². The molecule has 0 spiro atoms. The number of aliphatic hydroxyl groups is 1. The van der Waals surface area contributed by atoms with Gasteiger partial charge in [0.25, 0.3) is 0 Å². The molecule has 0 aliphatic heterocycles. The third-order valence-electron chi connectivity index (χ3n) is 6.84. The van der Waals surface area contributed by atoms with E-state index in [0.29, 0.717) is 6.61 Å². The number of ether oxygens (including phenoxy) is 2. The maximum Gasteiger partial charge on any atom is 0.143 e. The molecule has 0 amide bonds. The highest BCUT2D eigenvalue weighted by Gasteiger charge is 2.38. The average molecular weight is 492 g/mol. The van der Waals surface area contributed by atoms with Gasteiger partial charge in [0.2, 0.25) is 0 Å². The first kappa shape index (κ1) is 25.0. The van der Waals surface area contributed by atoms with Crippen LogP contribution in [0, 0.1) is 0 Å². The summed E-state index contributed by atoms with van der Waals surface area (Å²) in [6.07, 6.45) is 2.69. The van der Waals surface area contributed by atoms with Gasteiger partial charge in [0.15, 0.2) is 0 Å². The molecule has 1 aromatic heterocycles. The number of para-hydroxylation sites is 1. The lowest BCUT2D eigenvalue weighted by Crippen LogP contribution is -2.36. The van der Waals surface area contributed by atoms with Crippen LogP contribution in [0.3, 0.4) is 0 Å². The zero-order valence-corrected chi connectivity index (χ0v) is 20.9. The van der Waals surface area contributed by atoms with Gasteiger partial charge in [-0.15, -0.1) is 0 Å². The second-order valence-electron chi connectivity index (χ2n) is 9.16. The summed E-state index contributed by atoms with van der Waals surface area (Å²) in [5, 5.41) is 10.7. The predicted octanol–water partition coefficient (Wildman–Crippen LogP) is 6.42. The zero-order chi connectivity index (χ0) is 25.3. The van der Waals surface area contributed by atoms with E-state index in [0.717, 1.165) is 29.7 Å². The van der Waals surface area contributed by atoms with Crippen LogP contribution in [0.2, 0.25) is 0 Å². The monoisotopic (exact) mass is 491 g/mol. The number of aryl methyl sites for hydroxylation is 1. The van der Waals surface area contributed by atoms with E-state index >= 15 is 0 Å². The van der Waals surface area contributed by atoms with E-state index in [1.807, 2.05) is 18.2 Å². The molecule has 1 N–H and O–H groups in total.